The van der Waals surface area contributed by atoms with Crippen LogP contribution in [-0.2, 0) is 5.75 Å². The third-order valence-corrected chi connectivity index (χ3v) is 5.17. The van der Waals surface area contributed by atoms with Gasteiger partial charge in [-0.25, -0.2) is 9.67 Å². The van der Waals surface area contributed by atoms with Crippen LogP contribution in [0.1, 0.15) is 11.1 Å². The quantitative estimate of drug-likeness (QED) is 0.423. The van der Waals surface area contributed by atoms with Crippen LogP contribution < -0.4 is 10.3 Å². The predicted molar refractivity (Wildman–Crippen MR) is 107 cm³/mol. The van der Waals surface area contributed by atoms with Crippen LogP contribution in [0.2, 0.25) is 0 Å². The Bertz CT molecular complexity index is 1130. The fraction of sp³-hybridized carbons (Fsp3) is 0.150. The molecule has 0 atom stereocenters. The third-order valence-electron chi connectivity index (χ3n) is 4.23. The fourth-order valence-corrected chi connectivity index (χ4v) is 3.53. The molecule has 2 aromatic carbocycles. The lowest BCUT2D eigenvalue weighted by Gasteiger charge is -2.06. The highest BCUT2D eigenvalue weighted by Gasteiger charge is 2.12. The molecule has 4 rings (SSSR count). The van der Waals surface area contributed by atoms with Gasteiger partial charge in [0.25, 0.3) is 5.56 Å². The molecule has 0 aliphatic heterocycles. The lowest BCUT2D eigenvalue weighted by atomic mass is 10.2. The molecule has 4 aromatic rings. The van der Waals surface area contributed by atoms with Crippen molar-refractivity contribution in [2.45, 2.75) is 17.8 Å². The van der Waals surface area contributed by atoms with Gasteiger partial charge in [-0.15, -0.1) is 0 Å². The molecule has 7 heteroatoms. The van der Waals surface area contributed by atoms with Crippen molar-refractivity contribution in [3.63, 3.8) is 0 Å². The van der Waals surface area contributed by atoms with Crippen LogP contribution in [0.3, 0.4) is 0 Å². The summed E-state index contributed by atoms with van der Waals surface area (Å²) in [7, 11) is 1.62. The van der Waals surface area contributed by atoms with E-state index in [4.69, 9.17) is 4.74 Å². The molecule has 0 spiro atoms. The SMILES string of the molecule is COc1ccc(-n2ncc3c(=O)[nH]c(SCc4ccc(C)cc4)nc32)cc1. The van der Waals surface area contributed by atoms with Gasteiger partial charge in [0, 0.05) is 5.75 Å². The number of nitrogens with zero attached hydrogens (tertiary/aromatic N) is 3. The Morgan fingerprint density at radius 1 is 1.11 bits per heavy atom. The molecule has 0 saturated carbocycles. The minimum Gasteiger partial charge on any atom is -0.497 e. The second-order valence-electron chi connectivity index (χ2n) is 6.14. The largest absolute Gasteiger partial charge is 0.497 e. The molecule has 2 heterocycles. The monoisotopic (exact) mass is 378 g/mol. The van der Waals surface area contributed by atoms with Crippen molar-refractivity contribution >= 4 is 22.8 Å². The summed E-state index contributed by atoms with van der Waals surface area (Å²) in [6.07, 6.45) is 1.54. The molecular formula is C20H18N4O2S. The van der Waals surface area contributed by atoms with E-state index < -0.39 is 0 Å². The van der Waals surface area contributed by atoms with E-state index in [1.165, 1.54) is 22.9 Å². The average molecular weight is 378 g/mol. The maximum absolute atomic E-state index is 12.4. The van der Waals surface area contributed by atoms with E-state index in [0.717, 1.165) is 17.2 Å². The smallest absolute Gasteiger partial charge is 0.262 e. The van der Waals surface area contributed by atoms with Crippen molar-refractivity contribution in [1.29, 1.82) is 0 Å². The van der Waals surface area contributed by atoms with E-state index in [-0.39, 0.29) is 5.56 Å². The zero-order valence-electron chi connectivity index (χ0n) is 15.0. The Balaban J connectivity index is 1.66. The van der Waals surface area contributed by atoms with Crippen LogP contribution in [0.15, 0.2) is 64.7 Å². The summed E-state index contributed by atoms with van der Waals surface area (Å²) >= 11 is 1.49. The highest BCUT2D eigenvalue weighted by Crippen LogP contribution is 2.22. The second kappa shape index (κ2) is 7.28. The van der Waals surface area contributed by atoms with E-state index in [1.807, 2.05) is 24.3 Å². The van der Waals surface area contributed by atoms with Gasteiger partial charge in [-0.1, -0.05) is 41.6 Å². The van der Waals surface area contributed by atoms with Crippen LogP contribution in [-0.4, -0.2) is 26.9 Å². The maximum atomic E-state index is 12.4. The molecule has 27 heavy (non-hydrogen) atoms. The van der Waals surface area contributed by atoms with Gasteiger partial charge in [0.2, 0.25) is 0 Å². The van der Waals surface area contributed by atoms with Crippen LogP contribution in [0, 0.1) is 6.92 Å². The number of methoxy groups -OCH3 is 1. The van der Waals surface area contributed by atoms with Crippen molar-refractivity contribution in [3.05, 3.63) is 76.2 Å². The molecule has 6 nitrogen and oxygen atoms in total. The lowest BCUT2D eigenvalue weighted by molar-refractivity contribution is 0.414. The molecule has 1 N–H and O–H groups in total. The molecular weight excluding hydrogens is 360 g/mol. The minimum absolute atomic E-state index is 0.189. The van der Waals surface area contributed by atoms with Crippen LogP contribution >= 0.6 is 11.8 Å². The maximum Gasteiger partial charge on any atom is 0.262 e. The number of benzene rings is 2. The van der Waals surface area contributed by atoms with Gasteiger partial charge >= 0.3 is 0 Å². The molecule has 0 aliphatic carbocycles. The number of thioether (sulfide) groups is 1. The Morgan fingerprint density at radius 2 is 1.85 bits per heavy atom. The summed E-state index contributed by atoms with van der Waals surface area (Å²) in [4.78, 5) is 19.9. The number of aromatic nitrogens is 4. The van der Waals surface area contributed by atoms with E-state index in [9.17, 15) is 4.79 Å². The normalized spacial score (nSPS) is 11.0. The van der Waals surface area contributed by atoms with Gasteiger partial charge in [0.1, 0.15) is 11.1 Å². The third kappa shape index (κ3) is 3.59. The molecule has 2 aromatic heterocycles. The summed E-state index contributed by atoms with van der Waals surface area (Å²) in [5, 5.41) is 5.37. The number of rotatable bonds is 5. The first-order valence-corrected chi connectivity index (χ1v) is 9.43. The zero-order valence-corrected chi connectivity index (χ0v) is 15.8. The number of nitrogens with one attached hydrogen (secondary N) is 1. The van der Waals surface area contributed by atoms with Crippen molar-refractivity contribution < 1.29 is 4.74 Å². The predicted octanol–water partition coefficient (Wildman–Crippen LogP) is 3.72. The van der Waals surface area contributed by atoms with Gasteiger partial charge < -0.3 is 9.72 Å². The van der Waals surface area contributed by atoms with Crippen LogP contribution in [0.4, 0.5) is 0 Å². The molecule has 136 valence electrons. The fourth-order valence-electron chi connectivity index (χ4n) is 2.72. The van der Waals surface area contributed by atoms with Crippen molar-refractivity contribution in [2.24, 2.45) is 0 Å². The Kier molecular flexibility index (Phi) is 4.68. The molecule has 0 saturated heterocycles. The first-order valence-electron chi connectivity index (χ1n) is 8.45. The molecule has 0 fully saturated rings. The first-order chi connectivity index (χ1) is 13.1. The van der Waals surface area contributed by atoms with E-state index in [2.05, 4.69) is 46.3 Å². The van der Waals surface area contributed by atoms with Crippen LogP contribution in [0.25, 0.3) is 16.7 Å². The first kappa shape index (κ1) is 17.4. The van der Waals surface area contributed by atoms with Crippen molar-refractivity contribution in [3.8, 4) is 11.4 Å². The highest BCUT2D eigenvalue weighted by molar-refractivity contribution is 7.98. The standard InChI is InChI=1S/C20H18N4O2S/c1-13-3-5-14(6-4-13)12-27-20-22-18-17(19(25)23-20)11-21-24(18)15-7-9-16(26-2)10-8-15/h3-11H,12H2,1-2H3,(H,22,23,25). The lowest BCUT2D eigenvalue weighted by Crippen LogP contribution is -2.09. The Morgan fingerprint density at radius 3 is 2.56 bits per heavy atom. The summed E-state index contributed by atoms with van der Waals surface area (Å²) in [6, 6.07) is 15.8. The number of aryl methyl sites for hydroxylation is 1. The number of hydrogen-bond donors (Lipinski definition) is 1. The second-order valence-corrected chi connectivity index (χ2v) is 7.10. The summed E-state index contributed by atoms with van der Waals surface area (Å²) in [5.41, 5.74) is 3.57. The highest BCUT2D eigenvalue weighted by atomic mass is 32.2. The number of fused-ring (bicyclic) bond motifs is 1. The van der Waals surface area contributed by atoms with Gasteiger partial charge in [-0.05, 0) is 36.8 Å². The summed E-state index contributed by atoms with van der Waals surface area (Å²) < 4.78 is 6.86. The molecule has 0 aliphatic rings. The number of H-pyrrole nitrogens is 1. The molecule has 0 unspecified atom stereocenters. The Labute approximate surface area is 160 Å². The van der Waals surface area contributed by atoms with E-state index in [0.29, 0.717) is 16.2 Å². The zero-order chi connectivity index (χ0) is 18.8. The summed E-state index contributed by atoms with van der Waals surface area (Å²) in [5.74, 6) is 1.49. The van der Waals surface area contributed by atoms with Gasteiger partial charge in [-0.2, -0.15) is 5.10 Å². The van der Waals surface area contributed by atoms with Crippen molar-refractivity contribution in [2.75, 3.05) is 7.11 Å². The van der Waals surface area contributed by atoms with Crippen LogP contribution in [0.5, 0.6) is 5.75 Å². The average Bonchev–Trinajstić information content (AvgIpc) is 3.12. The molecule has 0 amide bonds. The van der Waals surface area contributed by atoms with E-state index >= 15 is 0 Å². The van der Waals surface area contributed by atoms with Gasteiger partial charge in [0.05, 0.1) is 19.0 Å². The summed E-state index contributed by atoms with van der Waals surface area (Å²) in [6.45, 7) is 2.06. The van der Waals surface area contributed by atoms with Crippen molar-refractivity contribution in [1.82, 2.24) is 19.7 Å². The Hall–Kier alpha value is -3.06. The van der Waals surface area contributed by atoms with E-state index in [1.54, 1.807) is 18.0 Å². The topological polar surface area (TPSA) is 72.8 Å². The molecule has 0 radical (unpaired) electrons. The number of aromatic amines is 1. The molecule has 0 bridgehead atoms. The number of ether oxygens (including phenoxy) is 1. The number of hydrogen-bond acceptors (Lipinski definition) is 5. The van der Waals surface area contributed by atoms with Gasteiger partial charge in [-0.3, -0.25) is 4.79 Å². The minimum atomic E-state index is -0.189. The van der Waals surface area contributed by atoms with Gasteiger partial charge in [0.15, 0.2) is 10.8 Å².